The van der Waals surface area contributed by atoms with Crippen LogP contribution in [0.25, 0.3) is 11.0 Å². The molecule has 2 aromatic carbocycles. The zero-order chi connectivity index (χ0) is 18.7. The van der Waals surface area contributed by atoms with Crippen molar-refractivity contribution in [3.8, 4) is 0 Å². The fourth-order valence-corrected chi connectivity index (χ4v) is 2.41. The lowest BCUT2D eigenvalue weighted by Gasteiger charge is -2.13. The van der Waals surface area contributed by atoms with E-state index in [1.165, 1.54) is 13.8 Å². The highest BCUT2D eigenvalue weighted by Crippen LogP contribution is 2.20. The summed E-state index contributed by atoms with van der Waals surface area (Å²) in [4.78, 5) is 35.8. The molecule has 6 nitrogen and oxygen atoms in total. The number of carbonyl (C=O) groups excluding carboxylic acids is 3. The number of nitrogens with one attached hydrogen (secondary N) is 1. The fraction of sp³-hybridized carbons (Fsp3) is 0.150. The molecule has 0 aliphatic carbocycles. The smallest absolute Gasteiger partial charge is 0.375 e. The first-order valence-corrected chi connectivity index (χ1v) is 8.05. The number of esters is 1. The van der Waals surface area contributed by atoms with E-state index in [1.54, 1.807) is 42.5 Å². The van der Waals surface area contributed by atoms with E-state index in [0.29, 0.717) is 16.8 Å². The number of hydrogen-bond acceptors (Lipinski definition) is 5. The SMILES string of the molecule is CC(=O)c1cccc(NC(=O)[C@@H](C)OC(=O)c2cc3ccccc3o2)c1. The summed E-state index contributed by atoms with van der Waals surface area (Å²) in [6.07, 6.45) is -1.03. The highest BCUT2D eigenvalue weighted by atomic mass is 16.6. The minimum atomic E-state index is -1.03. The maximum Gasteiger partial charge on any atom is 0.375 e. The zero-order valence-corrected chi connectivity index (χ0v) is 14.3. The lowest BCUT2D eigenvalue weighted by atomic mass is 10.1. The number of carbonyl (C=O) groups is 3. The number of amides is 1. The highest BCUT2D eigenvalue weighted by Gasteiger charge is 2.21. The summed E-state index contributed by atoms with van der Waals surface area (Å²) >= 11 is 0. The molecule has 0 fully saturated rings. The second-order valence-electron chi connectivity index (χ2n) is 5.82. The minimum absolute atomic E-state index is 0.0319. The lowest BCUT2D eigenvalue weighted by molar-refractivity contribution is -0.123. The van der Waals surface area contributed by atoms with Gasteiger partial charge >= 0.3 is 5.97 Å². The Hall–Kier alpha value is -3.41. The maximum atomic E-state index is 12.2. The Morgan fingerprint density at radius 2 is 1.81 bits per heavy atom. The Morgan fingerprint density at radius 1 is 1.04 bits per heavy atom. The van der Waals surface area contributed by atoms with E-state index in [4.69, 9.17) is 9.15 Å². The van der Waals surface area contributed by atoms with Crippen molar-refractivity contribution in [2.24, 2.45) is 0 Å². The number of ketones is 1. The van der Waals surface area contributed by atoms with E-state index in [9.17, 15) is 14.4 Å². The van der Waals surface area contributed by atoms with Crippen LogP contribution in [0.2, 0.25) is 0 Å². The van der Waals surface area contributed by atoms with Gasteiger partial charge in [-0.2, -0.15) is 0 Å². The van der Waals surface area contributed by atoms with Gasteiger partial charge in [0.2, 0.25) is 5.76 Å². The molecule has 132 valence electrons. The van der Waals surface area contributed by atoms with Crippen LogP contribution < -0.4 is 5.32 Å². The lowest BCUT2D eigenvalue weighted by Crippen LogP contribution is -2.29. The number of fused-ring (bicyclic) bond motifs is 1. The molecule has 0 saturated heterocycles. The monoisotopic (exact) mass is 351 g/mol. The summed E-state index contributed by atoms with van der Waals surface area (Å²) in [5, 5.41) is 3.40. The molecule has 6 heteroatoms. The van der Waals surface area contributed by atoms with Gasteiger partial charge in [0, 0.05) is 16.6 Å². The number of ether oxygens (including phenoxy) is 1. The molecule has 0 aliphatic rings. The van der Waals surface area contributed by atoms with E-state index < -0.39 is 18.0 Å². The first-order valence-electron chi connectivity index (χ1n) is 8.05. The third-order valence-electron chi connectivity index (χ3n) is 3.82. The van der Waals surface area contributed by atoms with Crippen LogP contribution in [0, 0.1) is 0 Å². The van der Waals surface area contributed by atoms with Crippen molar-refractivity contribution in [1.29, 1.82) is 0 Å². The predicted molar refractivity (Wildman–Crippen MR) is 96.2 cm³/mol. The average Bonchev–Trinajstić information content (AvgIpc) is 3.06. The third kappa shape index (κ3) is 3.80. The van der Waals surface area contributed by atoms with Crippen LogP contribution >= 0.6 is 0 Å². The van der Waals surface area contributed by atoms with Gasteiger partial charge in [-0.05, 0) is 38.1 Å². The number of furan rings is 1. The first kappa shape index (κ1) is 17.4. The van der Waals surface area contributed by atoms with Crippen LogP contribution in [-0.4, -0.2) is 23.8 Å². The molecule has 0 spiro atoms. The number of para-hydroxylation sites is 1. The standard InChI is InChI=1S/C20H17NO5/c1-12(22)14-7-5-8-16(10-14)21-19(23)13(2)25-20(24)18-11-15-6-3-4-9-17(15)26-18/h3-11,13H,1-2H3,(H,21,23)/t13-/m1/s1. The van der Waals surface area contributed by atoms with Crippen LogP contribution in [-0.2, 0) is 9.53 Å². The molecule has 0 saturated carbocycles. The number of Topliss-reactive ketones (excluding diaryl/α,β-unsaturated/α-hetero) is 1. The van der Waals surface area contributed by atoms with Gasteiger partial charge < -0.3 is 14.5 Å². The van der Waals surface area contributed by atoms with Crippen molar-refractivity contribution in [3.05, 3.63) is 65.9 Å². The Labute approximate surface area is 149 Å². The van der Waals surface area contributed by atoms with Crippen molar-refractivity contribution in [2.45, 2.75) is 20.0 Å². The van der Waals surface area contributed by atoms with Gasteiger partial charge in [-0.3, -0.25) is 9.59 Å². The summed E-state index contributed by atoms with van der Waals surface area (Å²) in [5.74, 6) is -1.30. The topological polar surface area (TPSA) is 85.6 Å². The van der Waals surface area contributed by atoms with Gasteiger partial charge in [0.15, 0.2) is 11.9 Å². The predicted octanol–water partition coefficient (Wildman–Crippen LogP) is 3.82. The van der Waals surface area contributed by atoms with Gasteiger partial charge in [0.05, 0.1) is 0 Å². The van der Waals surface area contributed by atoms with Crippen molar-refractivity contribution in [2.75, 3.05) is 5.32 Å². The average molecular weight is 351 g/mol. The molecule has 3 aromatic rings. The maximum absolute atomic E-state index is 12.2. The van der Waals surface area contributed by atoms with Gasteiger partial charge in [-0.1, -0.05) is 30.3 Å². The Kier molecular flexibility index (Phi) is 4.84. The molecule has 0 radical (unpaired) electrons. The molecule has 0 unspecified atom stereocenters. The van der Waals surface area contributed by atoms with Crippen molar-refractivity contribution in [3.63, 3.8) is 0 Å². The number of rotatable bonds is 5. The van der Waals surface area contributed by atoms with Gasteiger partial charge in [0.1, 0.15) is 5.58 Å². The molecule has 26 heavy (non-hydrogen) atoms. The van der Waals surface area contributed by atoms with Crippen molar-refractivity contribution < 1.29 is 23.5 Å². The van der Waals surface area contributed by atoms with Crippen LogP contribution in [0.1, 0.15) is 34.8 Å². The number of anilines is 1. The third-order valence-corrected chi connectivity index (χ3v) is 3.82. The minimum Gasteiger partial charge on any atom is -0.449 e. The number of hydrogen-bond donors (Lipinski definition) is 1. The second kappa shape index (κ2) is 7.23. The quantitative estimate of drug-likeness (QED) is 0.558. The molecule has 1 heterocycles. The molecular formula is C20H17NO5. The van der Waals surface area contributed by atoms with E-state index in [0.717, 1.165) is 5.39 Å². The van der Waals surface area contributed by atoms with Crippen molar-refractivity contribution >= 4 is 34.3 Å². The number of benzene rings is 2. The second-order valence-corrected chi connectivity index (χ2v) is 5.82. The highest BCUT2D eigenvalue weighted by molar-refractivity contribution is 5.99. The molecule has 0 bridgehead atoms. The van der Waals surface area contributed by atoms with Crippen LogP contribution in [0.5, 0.6) is 0 Å². The molecule has 0 aliphatic heterocycles. The molecule has 1 amide bonds. The summed E-state index contributed by atoms with van der Waals surface area (Å²) in [7, 11) is 0. The van der Waals surface area contributed by atoms with E-state index in [1.807, 2.05) is 12.1 Å². The van der Waals surface area contributed by atoms with Crippen molar-refractivity contribution in [1.82, 2.24) is 0 Å². The van der Waals surface area contributed by atoms with Gasteiger partial charge in [-0.25, -0.2) is 4.79 Å². The summed E-state index contributed by atoms with van der Waals surface area (Å²) in [6, 6.07) is 15.3. The largest absolute Gasteiger partial charge is 0.449 e. The molecule has 1 aromatic heterocycles. The van der Waals surface area contributed by atoms with E-state index >= 15 is 0 Å². The van der Waals surface area contributed by atoms with Crippen LogP contribution in [0.3, 0.4) is 0 Å². The van der Waals surface area contributed by atoms with Crippen LogP contribution in [0.4, 0.5) is 5.69 Å². The zero-order valence-electron chi connectivity index (χ0n) is 14.3. The summed E-state index contributed by atoms with van der Waals surface area (Å²) in [6.45, 7) is 2.91. The molecular weight excluding hydrogens is 334 g/mol. The van der Waals surface area contributed by atoms with E-state index in [2.05, 4.69) is 5.32 Å². The van der Waals surface area contributed by atoms with E-state index in [-0.39, 0.29) is 11.5 Å². The van der Waals surface area contributed by atoms with Gasteiger partial charge in [-0.15, -0.1) is 0 Å². The molecule has 3 rings (SSSR count). The Bertz CT molecular complexity index is 956. The Balaban J connectivity index is 1.66. The van der Waals surface area contributed by atoms with Gasteiger partial charge in [0.25, 0.3) is 5.91 Å². The van der Waals surface area contributed by atoms with Crippen LogP contribution in [0.15, 0.2) is 59.0 Å². The normalized spacial score (nSPS) is 11.8. The summed E-state index contributed by atoms with van der Waals surface area (Å²) < 4.78 is 10.6. The molecule has 1 atom stereocenters. The Morgan fingerprint density at radius 3 is 2.54 bits per heavy atom. The molecule has 1 N–H and O–H groups in total. The fourth-order valence-electron chi connectivity index (χ4n) is 2.41. The first-order chi connectivity index (χ1) is 12.4. The summed E-state index contributed by atoms with van der Waals surface area (Å²) in [5.41, 5.74) is 1.50.